The minimum atomic E-state index is -0.685. The molecule has 3 aromatic rings. The number of hydrogen-bond acceptors (Lipinski definition) is 4. The van der Waals surface area contributed by atoms with E-state index in [1.165, 1.54) is 0 Å². The van der Waals surface area contributed by atoms with Crippen LogP contribution in [0.5, 0.6) is 0 Å². The van der Waals surface area contributed by atoms with Crippen molar-refractivity contribution in [3.05, 3.63) is 59.9 Å². The van der Waals surface area contributed by atoms with Crippen molar-refractivity contribution >= 4 is 28.3 Å². The first kappa shape index (κ1) is 13.6. The van der Waals surface area contributed by atoms with Gasteiger partial charge in [-0.2, -0.15) is 0 Å². The van der Waals surface area contributed by atoms with E-state index in [1.54, 1.807) is 18.2 Å². The summed E-state index contributed by atoms with van der Waals surface area (Å²) in [6.45, 7) is 0. The maximum absolute atomic E-state index is 11.4. The van der Waals surface area contributed by atoms with Crippen LogP contribution in [0.1, 0.15) is 16.2 Å². The summed E-state index contributed by atoms with van der Waals surface area (Å²) >= 11 is 0. The summed E-state index contributed by atoms with van der Waals surface area (Å²) in [6.07, 6.45) is 5.40. The topological polar surface area (TPSA) is 80.9 Å². The Hall–Kier alpha value is -3.39. The fourth-order valence-corrected chi connectivity index (χ4v) is 2.04. The number of hydrogen-bond donors (Lipinski definition) is 2. The Labute approximate surface area is 127 Å². The first-order valence-corrected chi connectivity index (χ1v) is 6.49. The SMILES string of the molecule is C#Cc1cccc(Nc2nc(C(N)=O)nc3cc[c]cc23)c1. The lowest BCUT2D eigenvalue weighted by Crippen LogP contribution is -2.16. The van der Waals surface area contributed by atoms with Gasteiger partial charge in [-0.1, -0.05) is 18.1 Å². The fraction of sp³-hybridized carbons (Fsp3) is 0. The number of nitrogens with two attached hydrogens (primary N) is 1. The predicted octanol–water partition coefficient (Wildman–Crippen LogP) is 2.25. The number of anilines is 2. The molecule has 3 N–H and O–H groups in total. The Kier molecular flexibility index (Phi) is 3.42. The van der Waals surface area contributed by atoms with Gasteiger partial charge < -0.3 is 11.1 Å². The maximum atomic E-state index is 11.4. The highest BCUT2D eigenvalue weighted by atomic mass is 16.1. The number of rotatable bonds is 3. The molecule has 0 fully saturated rings. The van der Waals surface area contributed by atoms with Gasteiger partial charge in [-0.25, -0.2) is 9.97 Å². The molecular formula is C17H11N4O. The van der Waals surface area contributed by atoms with Gasteiger partial charge in [-0.15, -0.1) is 6.42 Å². The summed E-state index contributed by atoms with van der Waals surface area (Å²) < 4.78 is 0. The zero-order valence-electron chi connectivity index (χ0n) is 11.5. The standard InChI is InChI=1S/C17H11N4O/c1-2-11-6-5-7-12(10-11)19-16-13-8-3-4-9-14(13)20-17(21-16)15(18)22/h1,4-10H,(H2,18,22)(H,19,20,21). The molecule has 1 heterocycles. The van der Waals surface area contributed by atoms with Gasteiger partial charge in [0.1, 0.15) is 5.82 Å². The van der Waals surface area contributed by atoms with Gasteiger partial charge in [0.15, 0.2) is 0 Å². The van der Waals surface area contributed by atoms with Crippen molar-refractivity contribution in [2.75, 3.05) is 5.32 Å². The second kappa shape index (κ2) is 5.54. The quantitative estimate of drug-likeness (QED) is 0.724. The summed E-state index contributed by atoms with van der Waals surface area (Å²) in [5, 5.41) is 3.88. The Balaban J connectivity index is 2.12. The van der Waals surface area contributed by atoms with Gasteiger partial charge >= 0.3 is 0 Å². The summed E-state index contributed by atoms with van der Waals surface area (Å²) in [6, 6.07) is 15.5. The number of nitrogens with zero attached hydrogens (tertiary/aromatic N) is 2. The third kappa shape index (κ3) is 2.58. The summed E-state index contributed by atoms with van der Waals surface area (Å²) in [7, 11) is 0. The highest BCUT2D eigenvalue weighted by Gasteiger charge is 2.11. The average Bonchev–Trinajstić information content (AvgIpc) is 2.55. The van der Waals surface area contributed by atoms with E-state index in [9.17, 15) is 4.79 Å². The number of primary amides is 1. The molecule has 0 bridgehead atoms. The van der Waals surface area contributed by atoms with E-state index in [2.05, 4.69) is 27.3 Å². The van der Waals surface area contributed by atoms with Gasteiger partial charge in [0.2, 0.25) is 5.82 Å². The Bertz CT molecular complexity index is 912. The van der Waals surface area contributed by atoms with Crippen molar-refractivity contribution in [2.45, 2.75) is 0 Å². The Morgan fingerprint density at radius 3 is 2.95 bits per heavy atom. The molecule has 5 nitrogen and oxygen atoms in total. The van der Waals surface area contributed by atoms with Crippen LogP contribution in [0.15, 0.2) is 42.5 Å². The van der Waals surface area contributed by atoms with Crippen LogP contribution >= 0.6 is 0 Å². The molecule has 1 aromatic heterocycles. The number of fused-ring (bicyclic) bond motifs is 1. The molecule has 0 aliphatic carbocycles. The number of amides is 1. The molecule has 22 heavy (non-hydrogen) atoms. The molecule has 0 spiro atoms. The van der Waals surface area contributed by atoms with Gasteiger partial charge in [0, 0.05) is 16.6 Å². The minimum absolute atomic E-state index is 0.0469. The number of aromatic nitrogens is 2. The zero-order valence-corrected chi connectivity index (χ0v) is 11.5. The lowest BCUT2D eigenvalue weighted by molar-refractivity contribution is 0.0991. The van der Waals surface area contributed by atoms with Crippen molar-refractivity contribution in [3.8, 4) is 12.3 Å². The first-order chi connectivity index (χ1) is 10.7. The third-order valence-corrected chi connectivity index (χ3v) is 3.05. The highest BCUT2D eigenvalue weighted by Crippen LogP contribution is 2.24. The molecule has 0 aliphatic heterocycles. The monoisotopic (exact) mass is 287 g/mol. The first-order valence-electron chi connectivity index (χ1n) is 6.49. The van der Waals surface area contributed by atoms with Gasteiger partial charge in [-0.3, -0.25) is 4.79 Å². The Morgan fingerprint density at radius 1 is 1.32 bits per heavy atom. The number of terminal acetylenes is 1. The second-order valence-electron chi connectivity index (χ2n) is 4.55. The van der Waals surface area contributed by atoms with E-state index in [1.807, 2.05) is 24.3 Å². The van der Waals surface area contributed by atoms with Crippen molar-refractivity contribution < 1.29 is 4.79 Å². The molecule has 105 valence electrons. The summed E-state index contributed by atoms with van der Waals surface area (Å²) in [5.41, 5.74) is 7.40. The molecule has 0 saturated carbocycles. The van der Waals surface area contributed by atoms with E-state index < -0.39 is 5.91 Å². The van der Waals surface area contributed by atoms with Crippen molar-refractivity contribution in [1.82, 2.24) is 9.97 Å². The minimum Gasteiger partial charge on any atom is -0.363 e. The number of nitrogens with one attached hydrogen (secondary N) is 1. The van der Waals surface area contributed by atoms with Gasteiger partial charge in [-0.05, 0) is 36.4 Å². The van der Waals surface area contributed by atoms with Crippen LogP contribution in [0.2, 0.25) is 0 Å². The molecule has 1 amide bonds. The number of benzene rings is 2. The average molecular weight is 287 g/mol. The van der Waals surface area contributed by atoms with Crippen molar-refractivity contribution in [1.29, 1.82) is 0 Å². The van der Waals surface area contributed by atoms with Crippen LogP contribution in [-0.4, -0.2) is 15.9 Å². The molecule has 0 saturated heterocycles. The molecule has 0 aliphatic rings. The maximum Gasteiger partial charge on any atom is 0.286 e. The zero-order chi connectivity index (χ0) is 15.5. The van der Waals surface area contributed by atoms with E-state index in [-0.39, 0.29) is 5.82 Å². The molecule has 5 heteroatoms. The molecular weight excluding hydrogens is 276 g/mol. The molecule has 3 rings (SSSR count). The number of carbonyl (C=O) groups excluding carboxylic acids is 1. The molecule has 0 atom stereocenters. The van der Waals surface area contributed by atoms with Gasteiger partial charge in [0.05, 0.1) is 5.52 Å². The highest BCUT2D eigenvalue weighted by molar-refractivity contribution is 5.96. The smallest absolute Gasteiger partial charge is 0.286 e. The van der Waals surface area contributed by atoms with Crippen LogP contribution in [0.4, 0.5) is 11.5 Å². The normalized spacial score (nSPS) is 10.1. The predicted molar refractivity (Wildman–Crippen MR) is 84.6 cm³/mol. The van der Waals surface area contributed by atoms with E-state index in [0.717, 1.165) is 16.6 Å². The summed E-state index contributed by atoms with van der Waals surface area (Å²) in [4.78, 5) is 19.7. The van der Waals surface area contributed by atoms with Gasteiger partial charge in [0.25, 0.3) is 5.91 Å². The van der Waals surface area contributed by atoms with Crippen molar-refractivity contribution in [2.24, 2.45) is 5.73 Å². The lowest BCUT2D eigenvalue weighted by Gasteiger charge is -2.10. The summed E-state index contributed by atoms with van der Waals surface area (Å²) in [5.74, 6) is 2.31. The molecule has 1 radical (unpaired) electrons. The lowest BCUT2D eigenvalue weighted by atomic mass is 10.2. The second-order valence-corrected chi connectivity index (χ2v) is 4.55. The van der Waals surface area contributed by atoms with E-state index in [4.69, 9.17) is 12.2 Å². The third-order valence-electron chi connectivity index (χ3n) is 3.05. The molecule has 0 unspecified atom stereocenters. The Morgan fingerprint density at radius 2 is 2.18 bits per heavy atom. The number of carbonyl (C=O) groups is 1. The molecule has 2 aromatic carbocycles. The van der Waals surface area contributed by atoms with Crippen LogP contribution in [-0.2, 0) is 0 Å². The van der Waals surface area contributed by atoms with Crippen LogP contribution in [0, 0.1) is 18.4 Å². The largest absolute Gasteiger partial charge is 0.363 e. The van der Waals surface area contributed by atoms with Crippen LogP contribution in [0.3, 0.4) is 0 Å². The van der Waals surface area contributed by atoms with Crippen molar-refractivity contribution in [3.63, 3.8) is 0 Å². The van der Waals surface area contributed by atoms with Crippen LogP contribution < -0.4 is 11.1 Å². The van der Waals surface area contributed by atoms with E-state index in [0.29, 0.717) is 11.3 Å². The fourth-order valence-electron chi connectivity index (χ4n) is 2.04. The van der Waals surface area contributed by atoms with Crippen LogP contribution in [0.25, 0.3) is 10.9 Å². The van der Waals surface area contributed by atoms with E-state index >= 15 is 0 Å².